The van der Waals surface area contributed by atoms with Crippen LogP contribution in [0.25, 0.3) is 0 Å². The zero-order valence-corrected chi connectivity index (χ0v) is 17.4. The van der Waals surface area contributed by atoms with Crippen molar-refractivity contribution in [3.63, 3.8) is 0 Å². The molecule has 0 unspecified atom stereocenters. The Balaban J connectivity index is 1.83. The van der Waals surface area contributed by atoms with Gasteiger partial charge in [0.25, 0.3) is 0 Å². The summed E-state index contributed by atoms with van der Waals surface area (Å²) in [5, 5.41) is 5.98. The molecule has 1 saturated heterocycles. The molecule has 2 rings (SSSR count). The Morgan fingerprint density at radius 2 is 1.81 bits per heavy atom. The molecule has 2 amide bonds. The summed E-state index contributed by atoms with van der Waals surface area (Å²) in [5.74, 6) is 0.00208. The van der Waals surface area contributed by atoms with Crippen LogP contribution in [0.5, 0.6) is 0 Å². The van der Waals surface area contributed by atoms with Crippen LogP contribution in [0.1, 0.15) is 51.7 Å². The van der Waals surface area contributed by atoms with Crippen LogP contribution in [0.4, 0.5) is 10.5 Å². The van der Waals surface area contributed by atoms with Gasteiger partial charge in [0, 0.05) is 24.8 Å². The third-order valence-electron chi connectivity index (χ3n) is 4.83. The normalized spacial score (nSPS) is 17.3. The standard InChI is InChI=1S/C21H33N3O3/c1-14-7-8-15(2)18(13-14)23-19(25)16(3)24-11-9-17(10-12-24)22-20(26)27-21(4,5)6/h7-8,13,16-17H,9-12H2,1-6H3,(H,22,26)(H,23,25)/t16-/m0/s1. The minimum absolute atomic E-state index is 0.00208. The van der Waals surface area contributed by atoms with E-state index in [4.69, 9.17) is 4.74 Å². The summed E-state index contributed by atoms with van der Waals surface area (Å²) in [7, 11) is 0. The second-order valence-corrected chi connectivity index (χ2v) is 8.44. The number of rotatable bonds is 4. The monoisotopic (exact) mass is 375 g/mol. The maximum Gasteiger partial charge on any atom is 0.407 e. The van der Waals surface area contributed by atoms with Crippen molar-refractivity contribution in [1.82, 2.24) is 10.2 Å². The van der Waals surface area contributed by atoms with Crippen LogP contribution < -0.4 is 10.6 Å². The third kappa shape index (κ3) is 6.54. The van der Waals surface area contributed by atoms with Crippen LogP contribution in [0, 0.1) is 13.8 Å². The van der Waals surface area contributed by atoms with Crippen molar-refractivity contribution >= 4 is 17.7 Å². The van der Waals surface area contributed by atoms with Crippen molar-refractivity contribution in [1.29, 1.82) is 0 Å². The number of carbonyl (C=O) groups excluding carboxylic acids is 2. The molecule has 27 heavy (non-hydrogen) atoms. The maximum absolute atomic E-state index is 12.6. The molecule has 1 aromatic carbocycles. The van der Waals surface area contributed by atoms with E-state index in [0.29, 0.717) is 0 Å². The summed E-state index contributed by atoms with van der Waals surface area (Å²) in [6.07, 6.45) is 1.24. The van der Waals surface area contributed by atoms with Crippen LogP contribution in [0.3, 0.4) is 0 Å². The number of benzene rings is 1. The molecule has 1 fully saturated rings. The number of hydrogen-bond acceptors (Lipinski definition) is 4. The molecule has 1 aliphatic rings. The molecule has 6 heteroatoms. The van der Waals surface area contributed by atoms with Gasteiger partial charge in [0.2, 0.25) is 5.91 Å². The van der Waals surface area contributed by atoms with Crippen molar-refractivity contribution in [3.05, 3.63) is 29.3 Å². The van der Waals surface area contributed by atoms with E-state index >= 15 is 0 Å². The topological polar surface area (TPSA) is 70.7 Å². The lowest BCUT2D eigenvalue weighted by molar-refractivity contribution is -0.121. The fraction of sp³-hybridized carbons (Fsp3) is 0.619. The van der Waals surface area contributed by atoms with Crippen LogP contribution in [0.2, 0.25) is 0 Å². The lowest BCUT2D eigenvalue weighted by Crippen LogP contribution is -2.51. The number of aryl methyl sites for hydroxylation is 2. The number of likely N-dealkylation sites (tertiary alicyclic amines) is 1. The number of nitrogens with one attached hydrogen (secondary N) is 2. The van der Waals surface area contributed by atoms with Gasteiger partial charge in [-0.3, -0.25) is 9.69 Å². The molecule has 0 aromatic heterocycles. The van der Waals surface area contributed by atoms with E-state index in [9.17, 15) is 9.59 Å². The van der Waals surface area contributed by atoms with Crippen LogP contribution in [-0.4, -0.2) is 47.7 Å². The second kappa shape index (κ2) is 8.74. The Hall–Kier alpha value is -2.08. The highest BCUT2D eigenvalue weighted by Gasteiger charge is 2.28. The first kappa shape index (κ1) is 21.2. The zero-order valence-electron chi connectivity index (χ0n) is 17.4. The molecule has 0 spiro atoms. The van der Waals surface area contributed by atoms with Crippen molar-refractivity contribution in [2.75, 3.05) is 18.4 Å². The van der Waals surface area contributed by atoms with Gasteiger partial charge in [0.15, 0.2) is 0 Å². The molecule has 1 aromatic rings. The zero-order chi connectivity index (χ0) is 20.2. The van der Waals surface area contributed by atoms with E-state index in [1.807, 2.05) is 59.7 Å². The largest absolute Gasteiger partial charge is 0.444 e. The minimum Gasteiger partial charge on any atom is -0.444 e. The predicted molar refractivity (Wildman–Crippen MR) is 108 cm³/mol. The molecule has 1 atom stereocenters. The molecule has 2 N–H and O–H groups in total. The van der Waals surface area contributed by atoms with Gasteiger partial charge in [0.1, 0.15) is 5.60 Å². The Bertz CT molecular complexity index is 674. The van der Waals surface area contributed by atoms with Crippen LogP contribution >= 0.6 is 0 Å². The molecular formula is C21H33N3O3. The number of carbonyl (C=O) groups is 2. The van der Waals surface area contributed by atoms with Crippen molar-refractivity contribution in [2.24, 2.45) is 0 Å². The lowest BCUT2D eigenvalue weighted by atomic mass is 10.0. The molecular weight excluding hydrogens is 342 g/mol. The number of nitrogens with zero attached hydrogens (tertiary/aromatic N) is 1. The summed E-state index contributed by atoms with van der Waals surface area (Å²) >= 11 is 0. The van der Waals surface area contributed by atoms with E-state index in [1.54, 1.807) is 0 Å². The van der Waals surface area contributed by atoms with E-state index < -0.39 is 5.60 Å². The number of piperidine rings is 1. The van der Waals surface area contributed by atoms with Gasteiger partial charge >= 0.3 is 6.09 Å². The predicted octanol–water partition coefficient (Wildman–Crippen LogP) is 3.62. The Morgan fingerprint density at radius 1 is 1.19 bits per heavy atom. The molecule has 0 bridgehead atoms. The molecule has 6 nitrogen and oxygen atoms in total. The van der Waals surface area contributed by atoms with Gasteiger partial charge < -0.3 is 15.4 Å². The number of amides is 2. The summed E-state index contributed by atoms with van der Waals surface area (Å²) in [6.45, 7) is 13.0. The van der Waals surface area contributed by atoms with Gasteiger partial charge in [-0.2, -0.15) is 0 Å². The quantitative estimate of drug-likeness (QED) is 0.843. The van der Waals surface area contributed by atoms with Gasteiger partial charge in [0.05, 0.1) is 6.04 Å². The smallest absolute Gasteiger partial charge is 0.407 e. The van der Waals surface area contributed by atoms with E-state index in [0.717, 1.165) is 42.7 Å². The fourth-order valence-corrected chi connectivity index (χ4v) is 3.18. The molecule has 0 aliphatic carbocycles. The first-order valence-corrected chi connectivity index (χ1v) is 9.67. The molecule has 0 saturated carbocycles. The highest BCUT2D eigenvalue weighted by atomic mass is 16.6. The van der Waals surface area contributed by atoms with Gasteiger partial charge in [-0.25, -0.2) is 4.79 Å². The van der Waals surface area contributed by atoms with Gasteiger partial charge in [-0.05, 0) is 71.6 Å². The third-order valence-corrected chi connectivity index (χ3v) is 4.83. The summed E-state index contributed by atoms with van der Waals surface area (Å²) < 4.78 is 5.31. The van der Waals surface area contributed by atoms with Gasteiger partial charge in [-0.15, -0.1) is 0 Å². The second-order valence-electron chi connectivity index (χ2n) is 8.44. The first-order valence-electron chi connectivity index (χ1n) is 9.67. The Kier molecular flexibility index (Phi) is 6.87. The lowest BCUT2D eigenvalue weighted by Gasteiger charge is -2.35. The number of hydrogen-bond donors (Lipinski definition) is 2. The van der Waals surface area contributed by atoms with Crippen molar-refractivity contribution in [2.45, 2.75) is 72.1 Å². The van der Waals surface area contributed by atoms with E-state index in [1.165, 1.54) is 0 Å². The van der Waals surface area contributed by atoms with Crippen LogP contribution in [0.15, 0.2) is 18.2 Å². The van der Waals surface area contributed by atoms with E-state index in [-0.39, 0.29) is 24.1 Å². The molecule has 1 heterocycles. The number of anilines is 1. The fourth-order valence-electron chi connectivity index (χ4n) is 3.18. The minimum atomic E-state index is -0.495. The average Bonchev–Trinajstić information content (AvgIpc) is 2.56. The summed E-state index contributed by atoms with van der Waals surface area (Å²) in [6, 6.07) is 5.93. The molecule has 0 radical (unpaired) electrons. The average molecular weight is 376 g/mol. The van der Waals surface area contributed by atoms with Crippen molar-refractivity contribution < 1.29 is 14.3 Å². The van der Waals surface area contributed by atoms with Crippen LogP contribution in [-0.2, 0) is 9.53 Å². The van der Waals surface area contributed by atoms with Gasteiger partial charge in [-0.1, -0.05) is 12.1 Å². The number of alkyl carbamates (subject to hydrolysis) is 1. The SMILES string of the molecule is Cc1ccc(C)c(NC(=O)[C@H](C)N2CCC(NC(=O)OC(C)(C)C)CC2)c1. The highest BCUT2D eigenvalue weighted by molar-refractivity contribution is 5.95. The maximum atomic E-state index is 12.6. The Morgan fingerprint density at radius 3 is 2.41 bits per heavy atom. The first-order chi connectivity index (χ1) is 12.5. The number of ether oxygens (including phenoxy) is 1. The summed E-state index contributed by atoms with van der Waals surface area (Å²) in [5.41, 5.74) is 2.55. The summed E-state index contributed by atoms with van der Waals surface area (Å²) in [4.78, 5) is 26.7. The van der Waals surface area contributed by atoms with E-state index in [2.05, 4.69) is 15.5 Å². The van der Waals surface area contributed by atoms with Crippen molar-refractivity contribution in [3.8, 4) is 0 Å². The molecule has 150 valence electrons. The molecule has 1 aliphatic heterocycles. The highest BCUT2D eigenvalue weighted by Crippen LogP contribution is 2.19. The Labute approximate surface area is 162 Å².